The summed E-state index contributed by atoms with van der Waals surface area (Å²) < 4.78 is 25.1. The Bertz CT molecular complexity index is 1380. The van der Waals surface area contributed by atoms with Gasteiger partial charge in [0, 0.05) is 11.4 Å². The monoisotopic (exact) mass is 613 g/mol. The molecule has 0 fully saturated rings. The average Bonchev–Trinajstić information content (AvgIpc) is 2.85. The number of rotatable bonds is 9. The first-order chi connectivity index (χ1) is 17.7. The lowest BCUT2D eigenvalue weighted by atomic mass is 10.1. The maximum absolute atomic E-state index is 13.1. The number of halogens is 2. The predicted molar refractivity (Wildman–Crippen MR) is 149 cm³/mol. The lowest BCUT2D eigenvalue weighted by Crippen LogP contribution is -2.20. The van der Waals surface area contributed by atoms with Crippen LogP contribution in [0.4, 0.5) is 15.8 Å². The zero-order chi connectivity index (χ0) is 26.9. The molecule has 190 valence electrons. The summed E-state index contributed by atoms with van der Waals surface area (Å²) in [5, 5.41) is 15.0. The molecule has 0 aliphatic rings. The lowest BCUT2D eigenvalue weighted by Gasteiger charge is -2.15. The van der Waals surface area contributed by atoms with Crippen LogP contribution in [0.1, 0.15) is 23.6 Å². The molecule has 0 aromatic heterocycles. The van der Waals surface area contributed by atoms with Gasteiger partial charge in [-0.05, 0) is 103 Å². The minimum Gasteiger partial charge on any atom is -0.490 e. The van der Waals surface area contributed by atoms with Gasteiger partial charge in [-0.3, -0.25) is 9.59 Å². The van der Waals surface area contributed by atoms with Gasteiger partial charge in [-0.25, -0.2) is 4.39 Å². The number of hydrogen-bond acceptors (Lipinski definition) is 5. The minimum atomic E-state index is -0.528. The number of carbonyl (C=O) groups excluding carboxylic acids is 2. The van der Waals surface area contributed by atoms with Crippen LogP contribution in [-0.4, -0.2) is 25.0 Å². The Kier molecular flexibility index (Phi) is 9.63. The lowest BCUT2D eigenvalue weighted by molar-refractivity contribution is -0.118. The van der Waals surface area contributed by atoms with Crippen LogP contribution in [0.2, 0.25) is 0 Å². The summed E-state index contributed by atoms with van der Waals surface area (Å²) in [5.41, 5.74) is 3.51. The second kappa shape index (κ2) is 12.9. The van der Waals surface area contributed by atoms with E-state index in [0.29, 0.717) is 38.6 Å². The summed E-state index contributed by atoms with van der Waals surface area (Å²) in [6.45, 7) is 5.68. The highest BCUT2D eigenvalue weighted by molar-refractivity contribution is 14.1. The van der Waals surface area contributed by atoms with E-state index < -0.39 is 17.6 Å². The molecule has 2 N–H and O–H groups in total. The van der Waals surface area contributed by atoms with Gasteiger partial charge in [0.15, 0.2) is 18.1 Å². The Balaban J connectivity index is 1.77. The second-order valence-corrected chi connectivity index (χ2v) is 9.21. The van der Waals surface area contributed by atoms with Gasteiger partial charge in [0.2, 0.25) is 0 Å². The fourth-order valence-corrected chi connectivity index (χ4v) is 4.18. The van der Waals surface area contributed by atoms with Crippen LogP contribution >= 0.6 is 22.6 Å². The maximum atomic E-state index is 13.1. The third kappa shape index (κ3) is 7.79. The Morgan fingerprint density at radius 3 is 2.43 bits per heavy atom. The van der Waals surface area contributed by atoms with Crippen LogP contribution in [0.15, 0.2) is 60.2 Å². The summed E-state index contributed by atoms with van der Waals surface area (Å²) in [5.74, 6) is -0.639. The molecule has 0 saturated carbocycles. The van der Waals surface area contributed by atoms with Crippen LogP contribution in [0, 0.1) is 34.6 Å². The van der Waals surface area contributed by atoms with Crippen molar-refractivity contribution in [2.45, 2.75) is 20.8 Å². The molecule has 0 spiro atoms. The third-order valence-electron chi connectivity index (χ3n) is 5.11. The molecule has 3 rings (SSSR count). The SMILES string of the molecule is CCOc1cc(/C=C(\C#N)C(=O)Nc2ccc(C)cc2C)cc(I)c1OCC(=O)Nc1ccc(F)cc1. The van der Waals surface area contributed by atoms with Crippen molar-refractivity contribution in [3.63, 3.8) is 0 Å². The van der Waals surface area contributed by atoms with Gasteiger partial charge in [-0.15, -0.1) is 0 Å². The van der Waals surface area contributed by atoms with Gasteiger partial charge >= 0.3 is 0 Å². The average molecular weight is 613 g/mol. The summed E-state index contributed by atoms with van der Waals surface area (Å²) in [6.07, 6.45) is 1.47. The van der Waals surface area contributed by atoms with Crippen LogP contribution in [0.5, 0.6) is 11.5 Å². The molecule has 0 radical (unpaired) electrons. The van der Waals surface area contributed by atoms with E-state index in [1.54, 1.807) is 25.1 Å². The molecule has 0 aliphatic carbocycles. The van der Waals surface area contributed by atoms with E-state index in [2.05, 4.69) is 10.6 Å². The molecule has 0 atom stereocenters. The largest absolute Gasteiger partial charge is 0.490 e. The molecule has 3 aromatic rings. The van der Waals surface area contributed by atoms with E-state index in [1.165, 1.54) is 30.3 Å². The summed E-state index contributed by atoms with van der Waals surface area (Å²) in [4.78, 5) is 25.1. The van der Waals surface area contributed by atoms with Crippen molar-refractivity contribution < 1.29 is 23.5 Å². The summed E-state index contributed by atoms with van der Waals surface area (Å²) in [7, 11) is 0. The molecule has 0 saturated heterocycles. The Hall–Kier alpha value is -3.91. The molecular weight excluding hydrogens is 588 g/mol. The number of carbonyl (C=O) groups is 2. The highest BCUT2D eigenvalue weighted by Crippen LogP contribution is 2.35. The molecular formula is C28H25FIN3O4. The first-order valence-electron chi connectivity index (χ1n) is 11.3. The number of nitrogens with one attached hydrogen (secondary N) is 2. The summed E-state index contributed by atoms with van der Waals surface area (Å²) >= 11 is 2.04. The van der Waals surface area contributed by atoms with E-state index in [-0.39, 0.29) is 12.2 Å². The van der Waals surface area contributed by atoms with Crippen LogP contribution in [-0.2, 0) is 9.59 Å². The number of hydrogen-bond donors (Lipinski definition) is 2. The second-order valence-electron chi connectivity index (χ2n) is 8.05. The molecule has 0 unspecified atom stereocenters. The first kappa shape index (κ1) is 27.7. The van der Waals surface area contributed by atoms with Gasteiger partial charge in [-0.1, -0.05) is 17.7 Å². The van der Waals surface area contributed by atoms with Crippen molar-refractivity contribution in [1.29, 1.82) is 5.26 Å². The van der Waals surface area contributed by atoms with Gasteiger partial charge in [0.1, 0.15) is 17.5 Å². The Morgan fingerprint density at radius 1 is 1.05 bits per heavy atom. The van der Waals surface area contributed by atoms with Crippen molar-refractivity contribution in [1.82, 2.24) is 0 Å². The van der Waals surface area contributed by atoms with Crippen molar-refractivity contribution in [3.05, 3.63) is 86.2 Å². The Labute approximate surface area is 228 Å². The van der Waals surface area contributed by atoms with Crippen molar-refractivity contribution in [3.8, 4) is 17.6 Å². The number of ether oxygens (including phenoxy) is 2. The fraction of sp³-hybridized carbons (Fsp3) is 0.179. The number of amides is 2. The minimum absolute atomic E-state index is 0.0782. The van der Waals surface area contributed by atoms with E-state index in [9.17, 15) is 19.2 Å². The number of nitriles is 1. The van der Waals surface area contributed by atoms with Crippen molar-refractivity contribution in [2.75, 3.05) is 23.8 Å². The van der Waals surface area contributed by atoms with Crippen LogP contribution in [0.25, 0.3) is 6.08 Å². The van der Waals surface area contributed by atoms with E-state index >= 15 is 0 Å². The highest BCUT2D eigenvalue weighted by atomic mass is 127. The number of benzene rings is 3. The van der Waals surface area contributed by atoms with Gasteiger partial charge in [-0.2, -0.15) is 5.26 Å². The van der Waals surface area contributed by atoms with E-state index in [4.69, 9.17) is 9.47 Å². The van der Waals surface area contributed by atoms with Crippen LogP contribution < -0.4 is 20.1 Å². The molecule has 7 nitrogen and oxygen atoms in total. The third-order valence-corrected chi connectivity index (χ3v) is 5.91. The smallest absolute Gasteiger partial charge is 0.266 e. The zero-order valence-electron chi connectivity index (χ0n) is 20.5. The zero-order valence-corrected chi connectivity index (χ0v) is 22.7. The molecule has 0 aliphatic heterocycles. The fourth-order valence-electron chi connectivity index (χ4n) is 3.40. The number of aryl methyl sites for hydroxylation is 2. The van der Waals surface area contributed by atoms with Crippen molar-refractivity contribution in [2.24, 2.45) is 0 Å². The molecule has 2 amide bonds. The number of anilines is 2. The number of nitrogens with zero attached hydrogens (tertiary/aromatic N) is 1. The van der Waals surface area contributed by atoms with Crippen LogP contribution in [0.3, 0.4) is 0 Å². The van der Waals surface area contributed by atoms with Gasteiger partial charge in [0.25, 0.3) is 11.8 Å². The quantitative estimate of drug-likeness (QED) is 0.175. The summed E-state index contributed by atoms with van der Waals surface area (Å²) in [6, 6.07) is 16.3. The molecule has 9 heteroatoms. The topological polar surface area (TPSA) is 100 Å². The standard InChI is InChI=1S/C28H25FIN3O4/c1-4-36-25-14-19(12-20(15-31)28(35)33-24-10-5-17(2)11-18(24)3)13-23(30)27(25)37-16-26(34)32-22-8-6-21(29)7-9-22/h5-14H,4,16H2,1-3H3,(H,32,34)(H,33,35)/b20-12+. The molecule has 0 bridgehead atoms. The normalized spacial score (nSPS) is 10.9. The molecule has 37 heavy (non-hydrogen) atoms. The Morgan fingerprint density at radius 2 is 1.78 bits per heavy atom. The van der Waals surface area contributed by atoms with Gasteiger partial charge < -0.3 is 20.1 Å². The predicted octanol–water partition coefficient (Wildman–Crippen LogP) is 6.01. The maximum Gasteiger partial charge on any atom is 0.266 e. The molecule has 0 heterocycles. The first-order valence-corrected chi connectivity index (χ1v) is 12.4. The van der Waals surface area contributed by atoms with Crippen molar-refractivity contribution >= 4 is 51.9 Å². The molecule has 3 aromatic carbocycles. The highest BCUT2D eigenvalue weighted by Gasteiger charge is 2.16. The van der Waals surface area contributed by atoms with E-state index in [0.717, 1.165) is 11.1 Å². The van der Waals surface area contributed by atoms with Gasteiger partial charge in [0.05, 0.1) is 10.2 Å². The van der Waals surface area contributed by atoms with E-state index in [1.807, 2.05) is 54.6 Å².